The van der Waals surface area contributed by atoms with Gasteiger partial charge in [-0.25, -0.2) is 4.79 Å². The number of likely N-dealkylation sites (N-methyl/N-ethyl adjacent to an activating group) is 1. The van der Waals surface area contributed by atoms with Gasteiger partial charge in [0.2, 0.25) is 11.8 Å². The third-order valence-corrected chi connectivity index (χ3v) is 10.2. The summed E-state index contributed by atoms with van der Waals surface area (Å²) >= 11 is 0. The van der Waals surface area contributed by atoms with Crippen LogP contribution < -0.4 is 10.6 Å². The fourth-order valence-corrected chi connectivity index (χ4v) is 7.30. The Bertz CT molecular complexity index is 2080. The predicted octanol–water partition coefficient (Wildman–Crippen LogP) is 7.45. The van der Waals surface area contributed by atoms with Crippen LogP contribution in [0, 0.1) is 5.92 Å². The summed E-state index contributed by atoms with van der Waals surface area (Å²) < 4.78 is 5.77. The molecule has 3 amide bonds. The minimum Gasteiger partial charge on any atom is -0.504 e. The Hall–Kier alpha value is -5.83. The predicted molar refractivity (Wildman–Crippen MR) is 202 cm³/mol. The summed E-state index contributed by atoms with van der Waals surface area (Å²) in [6, 6.07) is 32.9. The van der Waals surface area contributed by atoms with Gasteiger partial charge in [-0.3, -0.25) is 9.59 Å². The first-order valence-corrected chi connectivity index (χ1v) is 17.6. The van der Waals surface area contributed by atoms with Crippen LogP contribution in [0.4, 0.5) is 4.79 Å². The van der Waals surface area contributed by atoms with Crippen LogP contribution in [0.3, 0.4) is 0 Å². The molecule has 0 unspecified atom stereocenters. The van der Waals surface area contributed by atoms with E-state index in [1.807, 2.05) is 85.8 Å². The molecule has 0 radical (unpaired) electrons. The van der Waals surface area contributed by atoms with Crippen molar-refractivity contribution in [2.24, 2.45) is 5.92 Å². The number of hydrogen-bond donors (Lipinski definition) is 4. The van der Waals surface area contributed by atoms with Crippen LogP contribution in [0.1, 0.15) is 61.9 Å². The number of amides is 3. The molecule has 0 bridgehead atoms. The van der Waals surface area contributed by atoms with Crippen LogP contribution in [0.5, 0.6) is 11.5 Å². The Balaban J connectivity index is 1.22. The van der Waals surface area contributed by atoms with Crippen molar-refractivity contribution in [2.75, 3.05) is 13.7 Å². The van der Waals surface area contributed by atoms with Crippen molar-refractivity contribution < 1.29 is 29.3 Å². The van der Waals surface area contributed by atoms with Gasteiger partial charge in [-0.05, 0) is 76.1 Å². The summed E-state index contributed by atoms with van der Waals surface area (Å²) in [4.78, 5) is 43.6. The molecular weight excluding hydrogens is 654 g/mol. The Morgan fingerprint density at radius 2 is 1.42 bits per heavy atom. The van der Waals surface area contributed by atoms with Gasteiger partial charge in [-0.1, -0.05) is 111 Å². The summed E-state index contributed by atoms with van der Waals surface area (Å²) in [5, 5.41) is 28.0. The van der Waals surface area contributed by atoms with Gasteiger partial charge in [0.05, 0.1) is 6.04 Å². The van der Waals surface area contributed by atoms with Gasteiger partial charge in [0, 0.05) is 19.4 Å². The number of fused-ring (bicyclic) bond motifs is 4. The molecule has 0 saturated heterocycles. The SMILES string of the molecule is CC(C)[C@H](NC(=O)OCC1c2ccccc2-c2ccccc21)C(=O)N[C@@](C)(Cc1ccc(O)c(O)c1)C(=O)N(C)[C@H](C)c1cccc2ccccc12. The van der Waals surface area contributed by atoms with E-state index >= 15 is 0 Å². The number of benzene rings is 5. The van der Waals surface area contributed by atoms with E-state index in [4.69, 9.17) is 4.74 Å². The Morgan fingerprint density at radius 1 is 0.808 bits per heavy atom. The number of carbonyl (C=O) groups excluding carboxylic acids is 3. The number of carbonyl (C=O) groups is 3. The molecule has 0 saturated carbocycles. The minimum absolute atomic E-state index is 0.00618. The maximum Gasteiger partial charge on any atom is 0.407 e. The third kappa shape index (κ3) is 7.17. The molecule has 9 heteroatoms. The minimum atomic E-state index is -1.52. The second kappa shape index (κ2) is 14.8. The van der Waals surface area contributed by atoms with Gasteiger partial charge < -0.3 is 30.5 Å². The molecule has 3 atom stereocenters. The maximum absolute atomic E-state index is 14.6. The quantitative estimate of drug-likeness (QED) is 0.106. The monoisotopic (exact) mass is 699 g/mol. The second-order valence-electron chi connectivity index (χ2n) is 14.2. The zero-order valence-electron chi connectivity index (χ0n) is 30.1. The Morgan fingerprint density at radius 3 is 2.08 bits per heavy atom. The zero-order valence-corrected chi connectivity index (χ0v) is 30.1. The van der Waals surface area contributed by atoms with Gasteiger partial charge in [0.25, 0.3) is 0 Å². The molecule has 5 aromatic carbocycles. The number of phenolic OH excluding ortho intramolecular Hbond substituents is 2. The lowest BCUT2D eigenvalue weighted by molar-refractivity contribution is -0.142. The highest BCUT2D eigenvalue weighted by molar-refractivity contribution is 5.95. The Kier molecular flexibility index (Phi) is 10.2. The first-order chi connectivity index (χ1) is 24.9. The fourth-order valence-electron chi connectivity index (χ4n) is 7.30. The van der Waals surface area contributed by atoms with E-state index in [0.717, 1.165) is 38.6 Å². The lowest BCUT2D eigenvalue weighted by Crippen LogP contribution is -2.62. The molecule has 4 N–H and O–H groups in total. The molecule has 1 aliphatic rings. The van der Waals surface area contributed by atoms with E-state index in [9.17, 15) is 24.6 Å². The lowest BCUT2D eigenvalue weighted by Gasteiger charge is -2.38. The molecule has 0 aromatic heterocycles. The topological polar surface area (TPSA) is 128 Å². The first kappa shape index (κ1) is 36.0. The summed E-state index contributed by atoms with van der Waals surface area (Å²) in [5.74, 6) is -2.08. The van der Waals surface area contributed by atoms with Gasteiger partial charge in [0.15, 0.2) is 11.5 Å². The van der Waals surface area contributed by atoms with Crippen molar-refractivity contribution in [3.8, 4) is 22.6 Å². The molecule has 1 aliphatic carbocycles. The molecule has 0 fully saturated rings. The number of rotatable bonds is 11. The molecule has 0 aliphatic heterocycles. The lowest BCUT2D eigenvalue weighted by atomic mass is 9.88. The van der Waals surface area contributed by atoms with Crippen LogP contribution in [-0.2, 0) is 20.7 Å². The second-order valence-corrected chi connectivity index (χ2v) is 14.2. The average molecular weight is 700 g/mol. The van der Waals surface area contributed by atoms with E-state index in [-0.39, 0.29) is 48.3 Å². The third-order valence-electron chi connectivity index (χ3n) is 10.2. The Labute approximate surface area is 304 Å². The van der Waals surface area contributed by atoms with Gasteiger partial charge in [-0.2, -0.15) is 0 Å². The normalized spacial score (nSPS) is 14.5. The molecule has 9 nitrogen and oxygen atoms in total. The average Bonchev–Trinajstić information content (AvgIpc) is 3.46. The van der Waals surface area contributed by atoms with Crippen molar-refractivity contribution in [3.05, 3.63) is 131 Å². The van der Waals surface area contributed by atoms with Crippen LogP contribution in [0.15, 0.2) is 109 Å². The van der Waals surface area contributed by atoms with Crippen molar-refractivity contribution in [3.63, 3.8) is 0 Å². The van der Waals surface area contributed by atoms with Gasteiger partial charge in [-0.15, -0.1) is 0 Å². The standard InChI is InChI=1S/C43H45N3O6/c1-26(2)39(44-42(51)52-25-36-34-18-10-8-16-32(34)33-17-9-11-19-35(33)36)40(49)45-43(4,24-28-21-22-37(47)38(48)23-28)41(50)46(5)27(3)30-20-12-14-29-13-6-7-15-31(29)30/h6-23,26-27,36,39,47-48H,24-25H2,1-5H3,(H,44,51)(H,45,49)/t27-,39+,43+/m1/s1. The number of ether oxygens (including phenoxy) is 1. The van der Waals surface area contributed by atoms with Crippen molar-refractivity contribution >= 4 is 28.7 Å². The summed E-state index contributed by atoms with van der Waals surface area (Å²) in [5.41, 5.74) is 4.31. The number of phenols is 2. The number of nitrogens with zero attached hydrogens (tertiary/aromatic N) is 1. The smallest absolute Gasteiger partial charge is 0.407 e. The highest BCUT2D eigenvalue weighted by Gasteiger charge is 2.41. The van der Waals surface area contributed by atoms with Crippen LogP contribution in [0.25, 0.3) is 21.9 Å². The molecule has 0 spiro atoms. The molecule has 268 valence electrons. The van der Waals surface area contributed by atoms with Crippen LogP contribution in [0.2, 0.25) is 0 Å². The van der Waals surface area contributed by atoms with Crippen molar-refractivity contribution in [1.82, 2.24) is 15.5 Å². The largest absolute Gasteiger partial charge is 0.504 e. The van der Waals surface area contributed by atoms with Gasteiger partial charge in [0.1, 0.15) is 18.2 Å². The van der Waals surface area contributed by atoms with E-state index in [2.05, 4.69) is 22.8 Å². The van der Waals surface area contributed by atoms with Gasteiger partial charge >= 0.3 is 6.09 Å². The summed E-state index contributed by atoms with van der Waals surface area (Å²) in [6.07, 6.45) is -0.748. The highest BCUT2D eigenvalue weighted by atomic mass is 16.5. The van der Waals surface area contributed by atoms with E-state index < -0.39 is 23.6 Å². The summed E-state index contributed by atoms with van der Waals surface area (Å²) in [7, 11) is 1.70. The number of alkyl carbamates (subject to hydrolysis) is 1. The van der Waals surface area contributed by atoms with E-state index in [1.54, 1.807) is 38.8 Å². The number of nitrogens with one attached hydrogen (secondary N) is 2. The number of aromatic hydroxyl groups is 2. The van der Waals surface area contributed by atoms with Crippen LogP contribution in [-0.4, -0.2) is 58.3 Å². The fraction of sp³-hybridized carbons (Fsp3) is 0.279. The molecule has 0 heterocycles. The van der Waals surface area contributed by atoms with Crippen LogP contribution >= 0.6 is 0 Å². The molecular formula is C43H45N3O6. The zero-order chi connectivity index (χ0) is 37.2. The van der Waals surface area contributed by atoms with E-state index in [1.165, 1.54) is 12.1 Å². The highest BCUT2D eigenvalue weighted by Crippen LogP contribution is 2.44. The molecule has 5 aromatic rings. The molecule has 52 heavy (non-hydrogen) atoms. The van der Waals surface area contributed by atoms with E-state index in [0.29, 0.717) is 5.56 Å². The first-order valence-electron chi connectivity index (χ1n) is 17.6. The summed E-state index contributed by atoms with van der Waals surface area (Å²) in [6.45, 7) is 7.27. The number of hydrogen-bond acceptors (Lipinski definition) is 6. The van der Waals surface area contributed by atoms with Crippen molar-refractivity contribution in [2.45, 2.75) is 57.7 Å². The molecule has 6 rings (SSSR count). The maximum atomic E-state index is 14.6. The van der Waals surface area contributed by atoms with Crippen molar-refractivity contribution in [1.29, 1.82) is 0 Å².